The number of thiophene rings is 1. The van der Waals surface area contributed by atoms with E-state index < -0.39 is 0 Å². The lowest BCUT2D eigenvalue weighted by atomic mass is 10.0. The van der Waals surface area contributed by atoms with Crippen molar-refractivity contribution < 1.29 is 14.3 Å². The molecule has 1 aromatic carbocycles. The van der Waals surface area contributed by atoms with Crippen LogP contribution in [0.25, 0.3) is 0 Å². The van der Waals surface area contributed by atoms with Gasteiger partial charge in [-0.3, -0.25) is 4.79 Å². The van der Waals surface area contributed by atoms with Gasteiger partial charge < -0.3 is 14.8 Å². The monoisotopic (exact) mass is 319 g/mol. The first kappa shape index (κ1) is 16.4. The fourth-order valence-electron chi connectivity index (χ4n) is 2.20. The Balaban J connectivity index is 2.23. The van der Waals surface area contributed by atoms with Crippen molar-refractivity contribution in [3.05, 3.63) is 46.2 Å². The van der Waals surface area contributed by atoms with Gasteiger partial charge in [0.25, 0.3) is 5.91 Å². The van der Waals surface area contributed by atoms with Gasteiger partial charge in [0.15, 0.2) is 0 Å². The minimum atomic E-state index is -0.135. The van der Waals surface area contributed by atoms with Crippen LogP contribution in [-0.2, 0) is 0 Å². The molecule has 5 heteroatoms. The Hall–Kier alpha value is -2.01. The summed E-state index contributed by atoms with van der Waals surface area (Å²) in [5, 5.41) is 5.12. The van der Waals surface area contributed by atoms with E-state index in [2.05, 4.69) is 19.2 Å². The fraction of sp³-hybridized carbons (Fsp3) is 0.353. The van der Waals surface area contributed by atoms with Gasteiger partial charge in [0.2, 0.25) is 0 Å². The zero-order chi connectivity index (χ0) is 16.1. The third-order valence-electron chi connectivity index (χ3n) is 3.42. The maximum Gasteiger partial charge on any atom is 0.252 e. The molecule has 0 aliphatic heterocycles. The predicted molar refractivity (Wildman–Crippen MR) is 88.9 cm³/mol. The zero-order valence-electron chi connectivity index (χ0n) is 13.3. The third-order valence-corrected chi connectivity index (χ3v) is 4.37. The number of hydrogen-bond donors (Lipinski definition) is 1. The minimum Gasteiger partial charge on any atom is -0.497 e. The smallest absolute Gasteiger partial charge is 0.252 e. The maximum absolute atomic E-state index is 12.6. The first-order valence-corrected chi connectivity index (χ1v) is 8.00. The quantitative estimate of drug-likeness (QED) is 0.878. The molecule has 0 bridgehead atoms. The molecule has 1 N–H and O–H groups in total. The second kappa shape index (κ2) is 7.31. The lowest BCUT2D eigenvalue weighted by Crippen LogP contribution is -2.31. The lowest BCUT2D eigenvalue weighted by molar-refractivity contribution is 0.0926. The van der Waals surface area contributed by atoms with Crippen LogP contribution in [0, 0.1) is 5.92 Å². The average Bonchev–Trinajstić information content (AvgIpc) is 3.05. The summed E-state index contributed by atoms with van der Waals surface area (Å²) in [6.07, 6.45) is 0. The molecule has 0 fully saturated rings. The molecule has 1 atom stereocenters. The first-order valence-electron chi connectivity index (χ1n) is 7.12. The molecule has 0 aliphatic carbocycles. The molecule has 2 rings (SSSR count). The summed E-state index contributed by atoms with van der Waals surface area (Å²) in [6, 6.07) is 9.20. The van der Waals surface area contributed by atoms with Crippen molar-refractivity contribution in [1.29, 1.82) is 0 Å². The summed E-state index contributed by atoms with van der Waals surface area (Å²) >= 11 is 1.65. The summed E-state index contributed by atoms with van der Waals surface area (Å²) in [6.45, 7) is 4.19. The molecule has 4 nitrogen and oxygen atoms in total. The number of hydrogen-bond acceptors (Lipinski definition) is 4. The van der Waals surface area contributed by atoms with Crippen molar-refractivity contribution in [2.24, 2.45) is 5.92 Å². The number of nitrogens with one attached hydrogen (secondary N) is 1. The molecular weight excluding hydrogens is 298 g/mol. The van der Waals surface area contributed by atoms with Gasteiger partial charge in [0.1, 0.15) is 11.5 Å². The molecule has 2 aromatic rings. The number of carbonyl (C=O) groups excluding carboxylic acids is 1. The van der Waals surface area contributed by atoms with Crippen LogP contribution in [0.1, 0.15) is 35.1 Å². The zero-order valence-corrected chi connectivity index (χ0v) is 14.1. The van der Waals surface area contributed by atoms with E-state index in [4.69, 9.17) is 9.47 Å². The summed E-state index contributed by atoms with van der Waals surface area (Å²) in [4.78, 5) is 13.7. The molecule has 22 heavy (non-hydrogen) atoms. The second-order valence-corrected chi connectivity index (χ2v) is 6.29. The van der Waals surface area contributed by atoms with Gasteiger partial charge in [-0.25, -0.2) is 0 Å². The Morgan fingerprint density at radius 3 is 2.23 bits per heavy atom. The largest absolute Gasteiger partial charge is 0.497 e. The van der Waals surface area contributed by atoms with E-state index in [0.29, 0.717) is 23.0 Å². The van der Waals surface area contributed by atoms with Crippen LogP contribution in [0.3, 0.4) is 0 Å². The number of carbonyl (C=O) groups is 1. The van der Waals surface area contributed by atoms with Crippen LogP contribution in [0.5, 0.6) is 11.5 Å². The summed E-state index contributed by atoms with van der Waals surface area (Å²) < 4.78 is 10.4. The van der Waals surface area contributed by atoms with Gasteiger partial charge in [-0.15, -0.1) is 11.3 Å². The van der Waals surface area contributed by atoms with E-state index >= 15 is 0 Å². The number of amides is 1. The van der Waals surface area contributed by atoms with Crippen LogP contribution in [-0.4, -0.2) is 20.1 Å². The third kappa shape index (κ3) is 3.80. The van der Waals surface area contributed by atoms with Crippen LogP contribution < -0.4 is 14.8 Å². The summed E-state index contributed by atoms with van der Waals surface area (Å²) in [5.41, 5.74) is 0.526. The Morgan fingerprint density at radius 1 is 1.14 bits per heavy atom. The van der Waals surface area contributed by atoms with Gasteiger partial charge in [-0.05, 0) is 29.5 Å². The fourth-order valence-corrected chi connectivity index (χ4v) is 3.15. The Bertz CT molecular complexity index is 601. The number of benzene rings is 1. The molecule has 0 spiro atoms. The van der Waals surface area contributed by atoms with Gasteiger partial charge in [-0.2, -0.15) is 0 Å². The number of rotatable bonds is 6. The Kier molecular flexibility index (Phi) is 5.44. The maximum atomic E-state index is 12.6. The standard InChI is InChI=1S/C17H21NO3S/c1-11(2)16(15-6-5-7-22-15)18-17(19)12-8-13(20-3)10-14(9-12)21-4/h5-11,16H,1-4H3,(H,18,19). The van der Waals surface area contributed by atoms with Gasteiger partial charge >= 0.3 is 0 Å². The highest BCUT2D eigenvalue weighted by molar-refractivity contribution is 7.10. The molecule has 1 unspecified atom stereocenters. The van der Waals surface area contributed by atoms with Crippen LogP contribution >= 0.6 is 11.3 Å². The Morgan fingerprint density at radius 2 is 1.77 bits per heavy atom. The molecular formula is C17H21NO3S. The molecule has 0 radical (unpaired) electrons. The molecule has 0 aliphatic rings. The molecule has 0 saturated heterocycles. The average molecular weight is 319 g/mol. The molecule has 0 saturated carbocycles. The van der Waals surface area contributed by atoms with E-state index in [1.807, 2.05) is 17.5 Å². The van der Waals surface area contributed by atoms with E-state index in [0.717, 1.165) is 4.88 Å². The topological polar surface area (TPSA) is 47.6 Å². The van der Waals surface area contributed by atoms with Crippen molar-refractivity contribution >= 4 is 17.2 Å². The van der Waals surface area contributed by atoms with Crippen molar-refractivity contribution in [3.8, 4) is 11.5 Å². The van der Waals surface area contributed by atoms with E-state index in [1.165, 1.54) is 0 Å². The minimum absolute atomic E-state index is 0.00954. The highest BCUT2D eigenvalue weighted by Crippen LogP contribution is 2.27. The van der Waals surface area contributed by atoms with Gasteiger partial charge in [0, 0.05) is 16.5 Å². The number of methoxy groups -OCH3 is 2. The summed E-state index contributed by atoms with van der Waals surface area (Å²) in [5.74, 6) is 1.36. The van der Waals surface area contributed by atoms with Gasteiger partial charge in [0.05, 0.1) is 20.3 Å². The van der Waals surface area contributed by atoms with Crippen molar-refractivity contribution in [2.45, 2.75) is 19.9 Å². The second-order valence-electron chi connectivity index (χ2n) is 5.31. The van der Waals surface area contributed by atoms with Crippen LogP contribution in [0.4, 0.5) is 0 Å². The normalized spacial score (nSPS) is 12.0. The molecule has 1 aromatic heterocycles. The highest BCUT2D eigenvalue weighted by Gasteiger charge is 2.20. The lowest BCUT2D eigenvalue weighted by Gasteiger charge is -2.21. The predicted octanol–water partition coefficient (Wildman–Crippen LogP) is 3.89. The van der Waals surface area contributed by atoms with E-state index in [-0.39, 0.29) is 11.9 Å². The molecule has 1 heterocycles. The highest BCUT2D eigenvalue weighted by atomic mass is 32.1. The molecule has 118 valence electrons. The van der Waals surface area contributed by atoms with Gasteiger partial charge in [-0.1, -0.05) is 19.9 Å². The first-order chi connectivity index (χ1) is 10.5. The van der Waals surface area contributed by atoms with Crippen LogP contribution in [0.15, 0.2) is 35.7 Å². The van der Waals surface area contributed by atoms with Crippen molar-refractivity contribution in [1.82, 2.24) is 5.32 Å². The molecule has 1 amide bonds. The van der Waals surface area contributed by atoms with Crippen molar-refractivity contribution in [3.63, 3.8) is 0 Å². The van der Waals surface area contributed by atoms with Crippen molar-refractivity contribution in [2.75, 3.05) is 14.2 Å². The number of ether oxygens (including phenoxy) is 2. The SMILES string of the molecule is COc1cc(OC)cc(C(=O)NC(c2cccs2)C(C)C)c1. The summed E-state index contributed by atoms with van der Waals surface area (Å²) in [7, 11) is 3.14. The van der Waals surface area contributed by atoms with Crippen LogP contribution in [0.2, 0.25) is 0 Å². The van der Waals surface area contributed by atoms with E-state index in [9.17, 15) is 4.79 Å². The Labute approximate surface area is 135 Å². The van der Waals surface area contributed by atoms with E-state index in [1.54, 1.807) is 43.8 Å².